The fraction of sp³-hybridized carbons (Fsp3) is 0.171. The lowest BCUT2D eigenvalue weighted by atomic mass is 10.1. The number of aryl methyl sites for hydroxylation is 2. The first kappa shape index (κ1) is 33.9. The monoisotopic (exact) mass is 699 g/mol. The van der Waals surface area contributed by atoms with E-state index in [1.54, 1.807) is 30.5 Å². The van der Waals surface area contributed by atoms with E-state index in [2.05, 4.69) is 30.7 Å². The van der Waals surface area contributed by atoms with Gasteiger partial charge in [-0.05, 0) is 56.2 Å². The van der Waals surface area contributed by atoms with Gasteiger partial charge in [0.2, 0.25) is 17.6 Å². The Hall–Kier alpha value is -6.02. The molecule has 7 rings (SSSR count). The van der Waals surface area contributed by atoms with Crippen molar-refractivity contribution in [3.8, 4) is 17.2 Å². The molecule has 2 amide bonds. The van der Waals surface area contributed by atoms with Crippen LogP contribution in [0.5, 0.6) is 0 Å². The van der Waals surface area contributed by atoms with Crippen molar-refractivity contribution in [1.82, 2.24) is 35.3 Å². The third-order valence-electron chi connectivity index (χ3n) is 7.91. The molecule has 0 atom stereocenters. The van der Waals surface area contributed by atoms with Crippen molar-refractivity contribution in [2.75, 3.05) is 0 Å². The van der Waals surface area contributed by atoms with Crippen molar-refractivity contribution in [3.05, 3.63) is 124 Å². The maximum Gasteiger partial charge on any atom is 0.356 e. The van der Waals surface area contributed by atoms with Crippen LogP contribution in [0.1, 0.15) is 50.8 Å². The number of aromatic nitrogens is 5. The molecule has 0 radical (unpaired) electrons. The summed E-state index contributed by atoms with van der Waals surface area (Å²) in [6.07, 6.45) is 3.52. The van der Waals surface area contributed by atoms with Crippen molar-refractivity contribution < 1.29 is 32.8 Å². The number of amides is 2. The lowest BCUT2D eigenvalue weighted by Gasteiger charge is -2.18. The van der Waals surface area contributed by atoms with Gasteiger partial charge in [0.15, 0.2) is 5.69 Å². The molecular weight excluding hydrogens is 672 g/mol. The maximum absolute atomic E-state index is 15.4. The zero-order valence-corrected chi connectivity index (χ0v) is 27.3. The number of halogens is 3. The molecule has 1 fully saturated rings. The zero-order valence-electron chi connectivity index (χ0n) is 26.6. The van der Waals surface area contributed by atoms with E-state index in [9.17, 15) is 18.8 Å². The van der Waals surface area contributed by atoms with E-state index < -0.39 is 35.0 Å². The highest BCUT2D eigenvalue weighted by Crippen LogP contribution is 2.39. The first-order valence-corrected chi connectivity index (χ1v) is 15.6. The maximum atomic E-state index is 15.4. The Morgan fingerprint density at radius 2 is 1.78 bits per heavy atom. The number of aromatic carboxylic acids is 1. The molecule has 254 valence electrons. The third kappa shape index (κ3) is 7.05. The molecular formula is C35H28ClF2N7O5. The third-order valence-corrected chi connectivity index (χ3v) is 8.29. The highest BCUT2D eigenvalue weighted by molar-refractivity contribution is 6.38. The number of para-hydroxylation sites is 1. The molecule has 15 heteroatoms. The van der Waals surface area contributed by atoms with Crippen LogP contribution in [0, 0.1) is 25.5 Å². The molecule has 3 aromatic carbocycles. The number of benzene rings is 3. The predicted molar refractivity (Wildman–Crippen MR) is 178 cm³/mol. The van der Waals surface area contributed by atoms with Gasteiger partial charge in [0, 0.05) is 41.9 Å². The summed E-state index contributed by atoms with van der Waals surface area (Å²) in [5.41, 5.74) is 1.64. The van der Waals surface area contributed by atoms with Crippen molar-refractivity contribution in [2.24, 2.45) is 0 Å². The van der Waals surface area contributed by atoms with Crippen LogP contribution < -0.4 is 10.6 Å². The van der Waals surface area contributed by atoms with Crippen molar-refractivity contribution in [3.63, 3.8) is 0 Å². The average molecular weight is 700 g/mol. The van der Waals surface area contributed by atoms with Crippen molar-refractivity contribution in [2.45, 2.75) is 38.8 Å². The van der Waals surface area contributed by atoms with Gasteiger partial charge < -0.3 is 24.8 Å². The molecule has 1 saturated carbocycles. The molecule has 1 aliphatic rings. The number of nitrogens with one attached hydrogen (secondary N) is 2. The zero-order chi connectivity index (χ0) is 35.6. The van der Waals surface area contributed by atoms with Crippen LogP contribution in [0.3, 0.4) is 0 Å². The van der Waals surface area contributed by atoms with Gasteiger partial charge in [-0.2, -0.15) is 4.98 Å². The van der Waals surface area contributed by atoms with Crippen molar-refractivity contribution in [1.29, 1.82) is 0 Å². The molecule has 3 N–H and O–H groups in total. The van der Waals surface area contributed by atoms with Crippen LogP contribution in [0.25, 0.3) is 28.1 Å². The largest absolute Gasteiger partial charge is 0.476 e. The number of hydrogen-bond acceptors (Lipinski definition) is 8. The van der Waals surface area contributed by atoms with Gasteiger partial charge in [-0.3, -0.25) is 14.6 Å². The highest BCUT2D eigenvalue weighted by atomic mass is 35.5. The number of carboxylic acid groups (broad SMARTS) is 1. The van der Waals surface area contributed by atoms with Gasteiger partial charge in [0.1, 0.15) is 22.9 Å². The standard InChI is InChI=1S/C29H22ClF2N5O3.C6H6N2O2/c1-16-34-26(36-40-16)25-24(30)21-7-2-3-8-23(21)37(25)20-10-9-18(22(32)14-20)15-33-28(39)29(11-12-29)35-27(38)17-5-4-6-19(31)13-17;1-4-2-8-5(3-7-4)6(9)10/h2-10,13-14H,11-12,15H2,1H3,(H,33,39)(H,35,38);2-3H,1H3,(H,9,10). The van der Waals surface area contributed by atoms with Crippen LogP contribution in [0.15, 0.2) is 83.6 Å². The Balaban J connectivity index is 0.000000373. The molecule has 50 heavy (non-hydrogen) atoms. The lowest BCUT2D eigenvalue weighted by molar-refractivity contribution is -0.124. The van der Waals surface area contributed by atoms with Gasteiger partial charge in [0.05, 0.1) is 22.4 Å². The molecule has 3 heterocycles. The molecule has 12 nitrogen and oxygen atoms in total. The van der Waals surface area contributed by atoms with Gasteiger partial charge in [-0.25, -0.2) is 18.6 Å². The van der Waals surface area contributed by atoms with Crippen molar-refractivity contribution >= 4 is 40.3 Å². The summed E-state index contributed by atoms with van der Waals surface area (Å²) in [7, 11) is 0. The second kappa shape index (κ2) is 13.8. The number of carbonyl (C=O) groups excluding carboxylic acids is 2. The van der Waals surface area contributed by atoms with Crippen LogP contribution >= 0.6 is 11.6 Å². The number of carboxylic acids is 1. The van der Waals surface area contributed by atoms with Gasteiger partial charge >= 0.3 is 5.97 Å². The number of rotatable bonds is 8. The Morgan fingerprint density at radius 1 is 1.00 bits per heavy atom. The molecule has 1 aliphatic carbocycles. The Morgan fingerprint density at radius 3 is 2.42 bits per heavy atom. The van der Waals surface area contributed by atoms with E-state index in [1.165, 1.54) is 36.7 Å². The molecule has 0 aliphatic heterocycles. The fourth-order valence-corrected chi connectivity index (χ4v) is 5.51. The molecule has 0 saturated heterocycles. The van der Waals surface area contributed by atoms with E-state index >= 15 is 4.39 Å². The van der Waals surface area contributed by atoms with E-state index in [0.717, 1.165) is 17.0 Å². The minimum absolute atomic E-state index is 0.0226. The highest BCUT2D eigenvalue weighted by Gasteiger charge is 2.51. The number of hydrogen-bond donors (Lipinski definition) is 3. The average Bonchev–Trinajstić information content (AvgIpc) is 3.66. The van der Waals surface area contributed by atoms with Gasteiger partial charge in [0.25, 0.3) is 5.91 Å². The van der Waals surface area contributed by atoms with E-state index in [-0.39, 0.29) is 29.2 Å². The fourth-order valence-electron chi connectivity index (χ4n) is 5.18. The predicted octanol–water partition coefficient (Wildman–Crippen LogP) is 5.98. The summed E-state index contributed by atoms with van der Waals surface area (Å²) >= 11 is 6.71. The van der Waals surface area contributed by atoms with Gasteiger partial charge in [-0.15, -0.1) is 0 Å². The number of carbonyl (C=O) groups is 3. The second-order valence-electron chi connectivity index (χ2n) is 11.5. The van der Waals surface area contributed by atoms with E-state index in [0.29, 0.717) is 40.8 Å². The number of fused-ring (bicyclic) bond motifs is 1. The first-order valence-electron chi connectivity index (χ1n) is 15.2. The number of nitrogens with zero attached hydrogens (tertiary/aromatic N) is 5. The summed E-state index contributed by atoms with van der Waals surface area (Å²) in [6, 6.07) is 17.3. The summed E-state index contributed by atoms with van der Waals surface area (Å²) in [4.78, 5) is 47.4. The van der Waals surface area contributed by atoms with Crippen LogP contribution in [0.4, 0.5) is 8.78 Å². The SMILES string of the molecule is Cc1cnc(C(=O)O)cn1.Cc1nc(-c2c(Cl)c3ccccc3n2-c2ccc(CNC(=O)C3(NC(=O)c4cccc(F)c4)CC3)c(F)c2)no1. The quantitative estimate of drug-likeness (QED) is 0.173. The molecule has 0 unspecified atom stereocenters. The van der Waals surface area contributed by atoms with Crippen LogP contribution in [-0.4, -0.2) is 53.1 Å². The van der Waals surface area contributed by atoms with E-state index in [4.69, 9.17) is 21.2 Å². The molecule has 0 bridgehead atoms. The summed E-state index contributed by atoms with van der Waals surface area (Å²) in [6.45, 7) is 3.32. The van der Waals surface area contributed by atoms with E-state index in [1.807, 2.05) is 24.3 Å². The normalized spacial score (nSPS) is 12.9. The molecule has 0 spiro atoms. The topological polar surface area (TPSA) is 165 Å². The second-order valence-corrected chi connectivity index (χ2v) is 11.9. The summed E-state index contributed by atoms with van der Waals surface area (Å²) in [5, 5.41) is 18.9. The smallest absolute Gasteiger partial charge is 0.356 e. The van der Waals surface area contributed by atoms with Crippen LogP contribution in [-0.2, 0) is 11.3 Å². The summed E-state index contributed by atoms with van der Waals surface area (Å²) in [5.74, 6) is -2.49. The minimum Gasteiger partial charge on any atom is -0.476 e. The summed E-state index contributed by atoms with van der Waals surface area (Å²) < 4.78 is 35.8. The Kier molecular flexibility index (Phi) is 9.37. The minimum atomic E-state index is -1.10. The Labute approximate surface area is 288 Å². The molecule has 6 aromatic rings. The van der Waals surface area contributed by atoms with Crippen LogP contribution in [0.2, 0.25) is 5.02 Å². The van der Waals surface area contributed by atoms with Gasteiger partial charge in [-0.1, -0.05) is 47.1 Å². The lowest BCUT2D eigenvalue weighted by Crippen LogP contribution is -2.48. The Bertz CT molecular complexity index is 2250. The first-order chi connectivity index (χ1) is 24.0. The molecule has 3 aromatic heterocycles.